The smallest absolute Gasteiger partial charge is 0.407 e. The van der Waals surface area contributed by atoms with Crippen molar-refractivity contribution >= 4 is 35.9 Å². The molecule has 2 aromatic carbocycles. The van der Waals surface area contributed by atoms with E-state index in [9.17, 15) is 19.2 Å². The number of hydrogen-bond acceptors (Lipinski definition) is 9. The van der Waals surface area contributed by atoms with Crippen molar-refractivity contribution in [2.24, 2.45) is 28.7 Å². The summed E-state index contributed by atoms with van der Waals surface area (Å²) >= 11 is 0. The SMILES string of the molecule is CN/C(=C\N=CCN(C(=O)C(NC(=O)OC)C(C)C)[C@H](C)C(C)C)c1ccc(-c2ccc(-c3cnc(CN(C(=O)C(NC(=O)OC)C(C)C)C(C)C(C)C)[nH]3)cc2)c2c1CCC2. The second-order valence-electron chi connectivity index (χ2n) is 17.6. The summed E-state index contributed by atoms with van der Waals surface area (Å²) in [4.78, 5) is 68.1. The van der Waals surface area contributed by atoms with Crippen molar-refractivity contribution in [3.05, 3.63) is 71.3 Å². The van der Waals surface area contributed by atoms with E-state index >= 15 is 0 Å². The Hall–Kier alpha value is -5.66. The van der Waals surface area contributed by atoms with Crippen LogP contribution in [0.2, 0.25) is 0 Å². The maximum Gasteiger partial charge on any atom is 0.407 e. The van der Waals surface area contributed by atoms with Gasteiger partial charge >= 0.3 is 12.2 Å². The number of rotatable bonds is 19. The van der Waals surface area contributed by atoms with Crippen LogP contribution in [-0.4, -0.2) is 102 Å². The van der Waals surface area contributed by atoms with E-state index in [1.54, 1.807) is 22.2 Å². The molecule has 3 unspecified atom stereocenters. The fourth-order valence-corrected chi connectivity index (χ4v) is 7.70. The van der Waals surface area contributed by atoms with Crippen molar-refractivity contribution in [2.45, 2.75) is 119 Å². The Labute approximate surface area is 368 Å². The zero-order valence-corrected chi connectivity index (χ0v) is 39.1. The molecule has 338 valence electrons. The summed E-state index contributed by atoms with van der Waals surface area (Å²) in [5.74, 6) is 0.392. The number of amides is 4. The van der Waals surface area contributed by atoms with E-state index in [0.29, 0.717) is 5.82 Å². The van der Waals surface area contributed by atoms with E-state index in [-0.39, 0.29) is 60.7 Å². The van der Waals surface area contributed by atoms with Crippen molar-refractivity contribution in [1.82, 2.24) is 35.7 Å². The number of nitrogens with zero attached hydrogens (tertiary/aromatic N) is 4. The molecule has 3 aromatic rings. The van der Waals surface area contributed by atoms with E-state index in [1.807, 2.05) is 54.8 Å². The van der Waals surface area contributed by atoms with Crippen LogP contribution in [0.3, 0.4) is 0 Å². The van der Waals surface area contributed by atoms with Gasteiger partial charge in [0.15, 0.2) is 0 Å². The molecule has 1 aliphatic rings. The molecule has 0 radical (unpaired) electrons. The molecule has 62 heavy (non-hydrogen) atoms. The zero-order chi connectivity index (χ0) is 45.8. The Morgan fingerprint density at radius 2 is 1.27 bits per heavy atom. The average molecular weight is 855 g/mol. The van der Waals surface area contributed by atoms with Gasteiger partial charge in [0.25, 0.3) is 0 Å². The number of carbonyl (C=O) groups excluding carboxylic acids is 4. The van der Waals surface area contributed by atoms with Gasteiger partial charge in [0.05, 0.1) is 51.1 Å². The lowest BCUT2D eigenvalue weighted by molar-refractivity contribution is -0.138. The second kappa shape index (κ2) is 22.4. The molecule has 0 saturated heterocycles. The van der Waals surface area contributed by atoms with E-state index in [2.05, 4.69) is 95.0 Å². The number of carbonyl (C=O) groups is 4. The van der Waals surface area contributed by atoms with Gasteiger partial charge in [0.1, 0.15) is 17.9 Å². The Balaban J connectivity index is 1.54. The Morgan fingerprint density at radius 3 is 1.81 bits per heavy atom. The number of methoxy groups -OCH3 is 2. The number of imidazole rings is 1. The molecule has 4 rings (SSSR count). The molecule has 1 heterocycles. The first kappa shape index (κ1) is 49.0. The molecule has 14 heteroatoms. The molecule has 14 nitrogen and oxygen atoms in total. The lowest BCUT2D eigenvalue weighted by Gasteiger charge is -2.35. The summed E-state index contributed by atoms with van der Waals surface area (Å²) in [5.41, 5.74) is 8.77. The minimum atomic E-state index is -0.739. The van der Waals surface area contributed by atoms with Crippen LogP contribution < -0.4 is 16.0 Å². The number of aromatic nitrogens is 2. The molecule has 4 atom stereocenters. The molecule has 0 saturated carbocycles. The van der Waals surface area contributed by atoms with E-state index in [1.165, 1.54) is 30.9 Å². The van der Waals surface area contributed by atoms with Crippen molar-refractivity contribution in [3.63, 3.8) is 0 Å². The van der Waals surface area contributed by atoms with Gasteiger partial charge in [-0.3, -0.25) is 14.6 Å². The van der Waals surface area contributed by atoms with Crippen LogP contribution in [0.5, 0.6) is 0 Å². The number of alkyl carbamates (subject to hydrolysis) is 2. The van der Waals surface area contributed by atoms with E-state index < -0.39 is 24.3 Å². The first-order valence-electron chi connectivity index (χ1n) is 21.9. The van der Waals surface area contributed by atoms with Crippen LogP contribution in [0.1, 0.15) is 98.2 Å². The number of fused-ring (bicyclic) bond motifs is 1. The number of aliphatic imine (C=N–C) groups is 1. The molecule has 0 fully saturated rings. The Kier molecular flexibility index (Phi) is 17.7. The summed E-state index contributed by atoms with van der Waals surface area (Å²) in [6.45, 7) is 20.5. The fourth-order valence-electron chi connectivity index (χ4n) is 7.70. The van der Waals surface area contributed by atoms with Gasteiger partial charge in [-0.05, 0) is 84.6 Å². The minimum Gasteiger partial charge on any atom is -0.453 e. The number of nitrogens with one attached hydrogen (secondary N) is 4. The molecule has 0 bridgehead atoms. The van der Waals surface area contributed by atoms with Crippen molar-refractivity contribution in [3.8, 4) is 22.4 Å². The Bertz CT molecular complexity index is 2050. The molecule has 0 spiro atoms. The maximum atomic E-state index is 13.9. The quantitative estimate of drug-likeness (QED) is 0.0885. The van der Waals surface area contributed by atoms with Crippen molar-refractivity contribution in [2.75, 3.05) is 27.8 Å². The predicted molar refractivity (Wildman–Crippen MR) is 246 cm³/mol. The average Bonchev–Trinajstić information content (AvgIpc) is 3.94. The number of benzene rings is 2. The Morgan fingerprint density at radius 1 is 0.742 bits per heavy atom. The predicted octanol–water partition coefficient (Wildman–Crippen LogP) is 7.83. The molecule has 4 N–H and O–H groups in total. The molecular weight excluding hydrogens is 785 g/mol. The molecular formula is C48H70N8O6. The standard InChI is InChI=1S/C48H70N8O6/c1-28(2)32(9)55(45(57)43(30(5)6)53-47(59)61-12)24-23-50-25-41(49-11)39-22-21-36(37-15-14-16-38(37)39)34-17-19-35(20-18-34)40-26-51-42(52-40)27-56(33(10)29(3)4)46(58)44(31(7)8)54-48(60)62-13/h17-23,25-26,28-33,43-44,49H,14-16,24,27H2,1-13H3,(H,51,52)(H,53,59)(H,54,60)/b41-25-,50-23?/t32-,33?,43?,44?/m1/s1. The minimum absolute atomic E-state index is 0.0854. The van der Waals surface area contributed by atoms with Crippen LogP contribution in [0.4, 0.5) is 9.59 Å². The van der Waals surface area contributed by atoms with E-state index in [4.69, 9.17) is 9.47 Å². The highest BCUT2D eigenvalue weighted by atomic mass is 16.5. The number of ether oxygens (including phenoxy) is 2. The van der Waals surface area contributed by atoms with Crippen molar-refractivity contribution < 1.29 is 28.7 Å². The highest BCUT2D eigenvalue weighted by Crippen LogP contribution is 2.37. The van der Waals surface area contributed by atoms with Gasteiger partial charge in [0.2, 0.25) is 11.8 Å². The lowest BCUT2D eigenvalue weighted by atomic mass is 9.92. The molecule has 1 aliphatic carbocycles. The molecule has 4 amide bonds. The molecule has 0 aliphatic heterocycles. The summed E-state index contributed by atoms with van der Waals surface area (Å²) in [5, 5.41) is 8.78. The normalized spacial score (nSPS) is 14.8. The van der Waals surface area contributed by atoms with Crippen LogP contribution in [0.25, 0.3) is 28.1 Å². The fraction of sp³-hybridized carbons (Fsp3) is 0.542. The second-order valence-corrected chi connectivity index (χ2v) is 17.6. The van der Waals surface area contributed by atoms with Gasteiger partial charge in [-0.15, -0.1) is 0 Å². The number of H-pyrrole nitrogens is 1. The number of hydrogen-bond donors (Lipinski definition) is 4. The van der Waals surface area contributed by atoms with E-state index in [0.717, 1.165) is 47.3 Å². The van der Waals surface area contributed by atoms with Crippen LogP contribution in [0, 0.1) is 23.7 Å². The van der Waals surface area contributed by atoms with Gasteiger partial charge in [-0.1, -0.05) is 91.8 Å². The van der Waals surface area contributed by atoms with Gasteiger partial charge in [-0.2, -0.15) is 0 Å². The highest BCUT2D eigenvalue weighted by molar-refractivity contribution is 5.88. The third-order valence-electron chi connectivity index (χ3n) is 12.1. The first-order chi connectivity index (χ1) is 29.4. The summed E-state index contributed by atoms with van der Waals surface area (Å²) < 4.78 is 9.60. The lowest BCUT2D eigenvalue weighted by Crippen LogP contribution is -2.54. The van der Waals surface area contributed by atoms with Crippen LogP contribution in [-0.2, 0) is 38.4 Å². The zero-order valence-electron chi connectivity index (χ0n) is 39.1. The third-order valence-corrected chi connectivity index (χ3v) is 12.1. The summed E-state index contributed by atoms with van der Waals surface area (Å²) in [7, 11) is 4.47. The van der Waals surface area contributed by atoms with Gasteiger partial charge < -0.3 is 40.2 Å². The first-order valence-corrected chi connectivity index (χ1v) is 21.9. The van der Waals surface area contributed by atoms with Crippen molar-refractivity contribution in [1.29, 1.82) is 0 Å². The summed E-state index contributed by atoms with van der Waals surface area (Å²) in [6.07, 6.45) is 7.07. The highest BCUT2D eigenvalue weighted by Gasteiger charge is 2.34. The largest absolute Gasteiger partial charge is 0.453 e. The van der Waals surface area contributed by atoms with Gasteiger partial charge in [0, 0.05) is 30.9 Å². The molecule has 1 aromatic heterocycles. The van der Waals surface area contributed by atoms with Gasteiger partial charge in [-0.25, -0.2) is 14.6 Å². The monoisotopic (exact) mass is 855 g/mol. The van der Waals surface area contributed by atoms with Crippen LogP contribution >= 0.6 is 0 Å². The maximum absolute atomic E-state index is 13.9. The van der Waals surface area contributed by atoms with Crippen LogP contribution in [0.15, 0.2) is 53.8 Å². The summed E-state index contributed by atoms with van der Waals surface area (Å²) in [6, 6.07) is 11.1. The topological polar surface area (TPSA) is 170 Å². The third kappa shape index (κ3) is 12.0. The number of aromatic amines is 1.